The highest BCUT2D eigenvalue weighted by Gasteiger charge is 2.46. The van der Waals surface area contributed by atoms with Crippen LogP contribution in [-0.4, -0.2) is 17.4 Å². The fourth-order valence-corrected chi connectivity index (χ4v) is 3.37. The Balaban J connectivity index is 2.12. The number of fused-ring (bicyclic) bond motifs is 2. The van der Waals surface area contributed by atoms with Crippen LogP contribution in [0, 0.1) is 17.3 Å². The van der Waals surface area contributed by atoms with E-state index in [1.165, 1.54) is 6.92 Å². The Kier molecular flexibility index (Phi) is 5.04. The summed E-state index contributed by atoms with van der Waals surface area (Å²) in [6.07, 6.45) is 0. The molecule has 4 nitrogen and oxygen atoms in total. The van der Waals surface area contributed by atoms with Gasteiger partial charge in [0.05, 0.1) is 17.6 Å². The number of nitrogens with one attached hydrogen (secondary N) is 1. The van der Waals surface area contributed by atoms with Crippen molar-refractivity contribution in [3.05, 3.63) is 65.2 Å². The Morgan fingerprint density at radius 2 is 1.50 bits per heavy atom. The molecule has 2 aromatic rings. The van der Waals surface area contributed by atoms with Crippen LogP contribution < -0.4 is 10.2 Å². The maximum Gasteiger partial charge on any atom is 0.235 e. The van der Waals surface area contributed by atoms with Crippen molar-refractivity contribution in [3.8, 4) is 11.8 Å². The quantitative estimate of drug-likeness (QED) is 0.829. The third-order valence-corrected chi connectivity index (χ3v) is 5.70. The van der Waals surface area contributed by atoms with E-state index in [0.29, 0.717) is 6.54 Å². The summed E-state index contributed by atoms with van der Waals surface area (Å²) in [6.45, 7) is 9.43. The summed E-state index contributed by atoms with van der Waals surface area (Å²) < 4.78 is 0. The van der Waals surface area contributed by atoms with Gasteiger partial charge in [0.1, 0.15) is 0 Å². The molecule has 0 saturated heterocycles. The molecule has 0 saturated carbocycles. The predicted molar refractivity (Wildman–Crippen MR) is 112 cm³/mol. The second-order valence-electron chi connectivity index (χ2n) is 8.25. The SMILES string of the molecule is CC(=O)NC(C)(C)C(C)(C)C(=O)N1Cc2ccccc2C#Cc2ccccc21. The first-order chi connectivity index (χ1) is 13.1. The van der Waals surface area contributed by atoms with Crippen LogP contribution in [0.2, 0.25) is 0 Å². The maximum atomic E-state index is 13.8. The molecule has 0 unspecified atom stereocenters. The lowest BCUT2D eigenvalue weighted by Crippen LogP contribution is -2.60. The highest BCUT2D eigenvalue weighted by molar-refractivity contribution is 5.99. The van der Waals surface area contributed by atoms with Gasteiger partial charge < -0.3 is 10.2 Å². The Morgan fingerprint density at radius 1 is 0.929 bits per heavy atom. The van der Waals surface area contributed by atoms with Crippen molar-refractivity contribution in [3.63, 3.8) is 0 Å². The van der Waals surface area contributed by atoms with Crippen molar-refractivity contribution in [2.75, 3.05) is 4.90 Å². The van der Waals surface area contributed by atoms with Crippen LogP contribution >= 0.6 is 0 Å². The first-order valence-electron chi connectivity index (χ1n) is 9.43. The minimum Gasteiger partial charge on any atom is -0.350 e. The molecular weight excluding hydrogens is 348 g/mol. The number of benzene rings is 2. The van der Waals surface area contributed by atoms with Crippen LogP contribution in [0.1, 0.15) is 51.3 Å². The van der Waals surface area contributed by atoms with Crippen LogP contribution in [0.3, 0.4) is 0 Å². The molecule has 144 valence electrons. The normalized spacial score (nSPS) is 13.2. The highest BCUT2D eigenvalue weighted by Crippen LogP contribution is 2.36. The Morgan fingerprint density at radius 3 is 2.18 bits per heavy atom. The molecule has 2 aromatic carbocycles. The molecule has 1 aliphatic rings. The van der Waals surface area contributed by atoms with Gasteiger partial charge in [0.15, 0.2) is 0 Å². The first kappa shape index (κ1) is 19.7. The second kappa shape index (κ2) is 7.16. The zero-order valence-electron chi connectivity index (χ0n) is 17.1. The van der Waals surface area contributed by atoms with E-state index in [1.807, 2.05) is 76.2 Å². The van der Waals surface area contributed by atoms with E-state index in [2.05, 4.69) is 17.2 Å². The zero-order chi connectivity index (χ0) is 20.5. The number of para-hydroxylation sites is 1. The predicted octanol–water partition coefficient (Wildman–Crippen LogP) is 3.87. The summed E-state index contributed by atoms with van der Waals surface area (Å²) >= 11 is 0. The van der Waals surface area contributed by atoms with Gasteiger partial charge in [-0.2, -0.15) is 0 Å². The number of amides is 2. The van der Waals surface area contributed by atoms with E-state index in [4.69, 9.17) is 0 Å². The van der Waals surface area contributed by atoms with Crippen LogP contribution in [-0.2, 0) is 16.1 Å². The van der Waals surface area contributed by atoms with Crippen molar-refractivity contribution in [2.24, 2.45) is 5.41 Å². The summed E-state index contributed by atoms with van der Waals surface area (Å²) in [4.78, 5) is 27.3. The fourth-order valence-electron chi connectivity index (χ4n) is 3.37. The summed E-state index contributed by atoms with van der Waals surface area (Å²) in [5.41, 5.74) is 1.98. The summed E-state index contributed by atoms with van der Waals surface area (Å²) in [6, 6.07) is 15.6. The number of carbonyl (C=O) groups is 2. The van der Waals surface area contributed by atoms with Gasteiger partial charge in [0.2, 0.25) is 11.8 Å². The van der Waals surface area contributed by atoms with Crippen molar-refractivity contribution in [1.29, 1.82) is 0 Å². The van der Waals surface area contributed by atoms with Crippen molar-refractivity contribution in [2.45, 2.75) is 46.7 Å². The van der Waals surface area contributed by atoms with Gasteiger partial charge >= 0.3 is 0 Å². The van der Waals surface area contributed by atoms with E-state index < -0.39 is 11.0 Å². The molecule has 1 heterocycles. The average molecular weight is 374 g/mol. The molecule has 2 amide bonds. The summed E-state index contributed by atoms with van der Waals surface area (Å²) in [7, 11) is 0. The summed E-state index contributed by atoms with van der Waals surface area (Å²) in [5.74, 6) is 6.23. The van der Waals surface area contributed by atoms with Gasteiger partial charge in [-0.25, -0.2) is 0 Å². The van der Waals surface area contributed by atoms with Gasteiger partial charge in [-0.15, -0.1) is 0 Å². The topological polar surface area (TPSA) is 49.4 Å². The number of hydrogen-bond donors (Lipinski definition) is 1. The molecule has 3 rings (SSSR count). The van der Waals surface area contributed by atoms with Crippen molar-refractivity contribution >= 4 is 17.5 Å². The number of hydrogen-bond acceptors (Lipinski definition) is 2. The second-order valence-corrected chi connectivity index (χ2v) is 8.25. The van der Waals surface area contributed by atoms with E-state index in [9.17, 15) is 9.59 Å². The number of rotatable bonds is 3. The molecule has 1 aliphatic heterocycles. The lowest BCUT2D eigenvalue weighted by molar-refractivity contribution is -0.132. The van der Waals surface area contributed by atoms with Crippen molar-refractivity contribution in [1.82, 2.24) is 5.32 Å². The minimum absolute atomic E-state index is 0.0581. The maximum absolute atomic E-state index is 13.8. The molecular formula is C24H26N2O2. The number of nitrogens with zero attached hydrogens (tertiary/aromatic N) is 1. The first-order valence-corrected chi connectivity index (χ1v) is 9.43. The van der Waals surface area contributed by atoms with Crippen LogP contribution in [0.5, 0.6) is 0 Å². The molecule has 0 aromatic heterocycles. The van der Waals surface area contributed by atoms with Crippen LogP contribution in [0.25, 0.3) is 0 Å². The zero-order valence-corrected chi connectivity index (χ0v) is 17.1. The molecule has 0 radical (unpaired) electrons. The number of anilines is 1. The fraction of sp³-hybridized carbons (Fsp3) is 0.333. The third kappa shape index (κ3) is 3.53. The monoisotopic (exact) mass is 374 g/mol. The Labute approximate surface area is 166 Å². The molecule has 28 heavy (non-hydrogen) atoms. The molecule has 0 fully saturated rings. The van der Waals surface area contributed by atoms with Gasteiger partial charge in [-0.1, -0.05) is 42.2 Å². The van der Waals surface area contributed by atoms with Gasteiger partial charge in [-0.05, 0) is 51.5 Å². The number of carbonyl (C=O) groups excluding carboxylic acids is 2. The smallest absolute Gasteiger partial charge is 0.235 e. The largest absolute Gasteiger partial charge is 0.350 e. The minimum atomic E-state index is -0.840. The van der Waals surface area contributed by atoms with Crippen LogP contribution in [0.15, 0.2) is 48.5 Å². The lowest BCUT2D eigenvalue weighted by atomic mass is 9.73. The third-order valence-electron chi connectivity index (χ3n) is 5.70. The lowest BCUT2D eigenvalue weighted by Gasteiger charge is -2.43. The van der Waals surface area contributed by atoms with E-state index in [-0.39, 0.29) is 11.8 Å². The van der Waals surface area contributed by atoms with Crippen molar-refractivity contribution < 1.29 is 9.59 Å². The average Bonchev–Trinajstić information content (AvgIpc) is 2.62. The standard InChI is InChI=1S/C24H26N2O2/c1-17(27)25-24(4,5)23(2,3)22(28)26-16-20-12-7-6-10-18(20)14-15-19-11-8-9-13-21(19)26/h6-13H,16H2,1-5H3,(H,25,27). The van der Waals surface area contributed by atoms with E-state index in [0.717, 1.165) is 22.4 Å². The van der Waals surface area contributed by atoms with Gasteiger partial charge in [0.25, 0.3) is 0 Å². The van der Waals surface area contributed by atoms with E-state index >= 15 is 0 Å². The van der Waals surface area contributed by atoms with Gasteiger partial charge in [-0.3, -0.25) is 9.59 Å². The molecule has 0 atom stereocenters. The Bertz CT molecular complexity index is 993. The van der Waals surface area contributed by atoms with Crippen LogP contribution in [0.4, 0.5) is 5.69 Å². The molecule has 0 spiro atoms. The molecule has 4 heteroatoms. The van der Waals surface area contributed by atoms with E-state index in [1.54, 1.807) is 4.90 Å². The highest BCUT2D eigenvalue weighted by atomic mass is 16.2. The molecule has 1 N–H and O–H groups in total. The molecule has 0 bridgehead atoms. The van der Waals surface area contributed by atoms with Gasteiger partial charge in [0, 0.05) is 23.6 Å². The summed E-state index contributed by atoms with van der Waals surface area (Å²) in [5, 5.41) is 2.94. The molecule has 0 aliphatic carbocycles. The Hall–Kier alpha value is -3.06.